The van der Waals surface area contributed by atoms with Crippen molar-refractivity contribution in [1.82, 2.24) is 0 Å². The van der Waals surface area contributed by atoms with Crippen molar-refractivity contribution in [2.75, 3.05) is 0 Å². The molecule has 0 aromatic rings. The number of carbonyl (C=O) groups is 1. The van der Waals surface area contributed by atoms with E-state index in [0.29, 0.717) is 0 Å². The summed E-state index contributed by atoms with van der Waals surface area (Å²) in [6, 6.07) is 0. The Morgan fingerprint density at radius 2 is 0.824 bits per heavy atom. The van der Waals surface area contributed by atoms with E-state index in [0.717, 1.165) is 0 Å². The van der Waals surface area contributed by atoms with Crippen LogP contribution in [0, 0.1) is 0 Å². The molecular weight excluding hydrogens is 319 g/mol. The number of rotatable bonds is 0. The van der Waals surface area contributed by atoms with E-state index in [1.807, 2.05) is 0 Å². The molecule has 88 valence electrons. The zero-order valence-corrected chi connectivity index (χ0v) is 16.9. The van der Waals surface area contributed by atoms with Gasteiger partial charge in [-0.1, -0.05) is 0 Å². The Kier molecular flexibility index (Phi) is 39.8. The van der Waals surface area contributed by atoms with Crippen molar-refractivity contribution in [1.29, 1.82) is 0 Å². The summed E-state index contributed by atoms with van der Waals surface area (Å²) in [4.78, 5) is 55.8. The molecule has 0 aliphatic rings. The van der Waals surface area contributed by atoms with Gasteiger partial charge in [-0.15, -0.1) is 0 Å². The van der Waals surface area contributed by atoms with Crippen molar-refractivity contribution in [3.05, 3.63) is 0 Å². The van der Waals surface area contributed by atoms with Gasteiger partial charge in [0, 0.05) is 0 Å². The van der Waals surface area contributed by atoms with Gasteiger partial charge in [0.05, 0.1) is 0 Å². The maximum Gasteiger partial charge on any atom is 1.00 e. The second-order valence-electron chi connectivity index (χ2n) is 1.24. The van der Waals surface area contributed by atoms with Crippen LogP contribution < -0.4 is 103 Å². The number of carboxylic acid groups (broad SMARTS) is 2. The van der Waals surface area contributed by atoms with Gasteiger partial charge in [0.15, 0.2) is 0 Å². The van der Waals surface area contributed by atoms with Gasteiger partial charge in [0.2, 0.25) is 0 Å². The first-order chi connectivity index (χ1) is 5.73. The maximum atomic E-state index is 8.88. The Morgan fingerprint density at radius 1 is 0.824 bits per heavy atom. The Morgan fingerprint density at radius 3 is 0.824 bits per heavy atom. The normalized spacial score (nSPS) is 8.35. The van der Waals surface area contributed by atoms with E-state index in [2.05, 4.69) is 0 Å². The second-order valence-corrected chi connectivity index (χ2v) is 3.16. The van der Waals surface area contributed by atoms with E-state index in [-0.39, 0.29) is 88.7 Å². The van der Waals surface area contributed by atoms with Gasteiger partial charge >= 0.3 is 103 Å². The number of hydrogen-bond donors (Lipinski definition) is 5. The van der Waals surface area contributed by atoms with Crippen molar-refractivity contribution in [3.63, 3.8) is 0 Å². The minimum absolute atomic E-state index is 0. The van der Waals surface area contributed by atoms with E-state index in [1.165, 1.54) is 0 Å². The quantitative estimate of drug-likeness (QED) is 0.208. The summed E-state index contributed by atoms with van der Waals surface area (Å²) in [7, 11) is -10.0. The van der Waals surface area contributed by atoms with E-state index >= 15 is 0 Å². The fourth-order valence-corrected chi connectivity index (χ4v) is 0. The molecule has 0 bridgehead atoms. The smallest absolute Gasteiger partial charge is 0.822 e. The molecule has 0 fully saturated rings. The van der Waals surface area contributed by atoms with Crippen LogP contribution in [0.3, 0.4) is 0 Å². The largest absolute Gasteiger partial charge is 1.00 e. The molecule has 0 amide bonds. The van der Waals surface area contributed by atoms with Crippen LogP contribution in [0.4, 0.5) is 4.79 Å². The van der Waals surface area contributed by atoms with Crippen LogP contribution >= 0.6 is 15.6 Å². The molecule has 0 aromatic heterocycles. The standard InChI is InChI=1S/CH2O3.3Na.2H3O4P/c2-1(3)4;;;;2*1-5(2,3)4/h(H2,2,3,4);;;;2*(H3,1,2,3,4)/q;3*+1;;/p-3. The Labute approximate surface area is 162 Å². The molecule has 0 unspecified atom stereocenters. The molecule has 16 heteroatoms. The Bertz CT molecular complexity index is 201. The zero-order valence-electron chi connectivity index (χ0n) is 9.08. The van der Waals surface area contributed by atoms with Crippen molar-refractivity contribution in [3.8, 4) is 0 Å². The predicted molar refractivity (Wildman–Crippen MR) is 32.5 cm³/mol. The van der Waals surface area contributed by atoms with Crippen molar-refractivity contribution in [2.45, 2.75) is 0 Å². The van der Waals surface area contributed by atoms with Gasteiger partial charge in [-0.05, 0) is 0 Å². The number of hydrogen-bond acceptors (Lipinski definition) is 6. The summed E-state index contributed by atoms with van der Waals surface area (Å²) < 4.78 is 17.4. The van der Waals surface area contributed by atoms with E-state index in [9.17, 15) is 0 Å². The summed E-state index contributed by atoms with van der Waals surface area (Å²) in [5.74, 6) is 0. The van der Waals surface area contributed by atoms with Crippen LogP contribution in [0.2, 0.25) is 0 Å². The molecule has 0 rings (SSSR count). The summed E-state index contributed by atoms with van der Waals surface area (Å²) >= 11 is 0. The summed E-state index contributed by atoms with van der Waals surface area (Å²) in [6.07, 6.45) is -1.83. The van der Waals surface area contributed by atoms with Crippen LogP contribution in [0.5, 0.6) is 0 Å². The van der Waals surface area contributed by atoms with Crippen molar-refractivity contribution in [2.24, 2.45) is 0 Å². The second kappa shape index (κ2) is 18.5. The van der Waals surface area contributed by atoms with Crippen LogP contribution in [-0.2, 0) is 9.13 Å². The molecule has 0 aliphatic heterocycles. The maximum absolute atomic E-state index is 8.88. The average molecular weight is 324 g/mol. The van der Waals surface area contributed by atoms with Gasteiger partial charge in [-0.2, -0.15) is 7.82 Å². The van der Waals surface area contributed by atoms with E-state index in [4.69, 9.17) is 53.5 Å². The first-order valence-electron chi connectivity index (χ1n) is 2.16. The SMILES string of the molecule is O=C(O)O.O=P(O)(O)O.O=P([O-])([O-])[O-].[Na+].[Na+].[Na+]. The fraction of sp³-hybridized carbons (Fsp3) is 0. The Balaban J connectivity index is -0.0000000247. The molecule has 0 aromatic carbocycles. The number of phosphoric acid groups is 2. The molecule has 0 saturated carbocycles. The minimum atomic E-state index is -5.39. The first-order valence-corrected chi connectivity index (χ1v) is 5.19. The molecule has 0 heterocycles. The molecule has 0 atom stereocenters. The van der Waals surface area contributed by atoms with Gasteiger partial charge < -0.3 is 44.1 Å². The summed E-state index contributed by atoms with van der Waals surface area (Å²) in [6.45, 7) is 0. The summed E-state index contributed by atoms with van der Waals surface area (Å²) in [5, 5.41) is 13.9. The third-order valence-corrected chi connectivity index (χ3v) is 0. The molecule has 17 heavy (non-hydrogen) atoms. The van der Waals surface area contributed by atoms with Crippen LogP contribution in [0.1, 0.15) is 0 Å². The molecular formula is CH5Na3O11P2. The van der Waals surface area contributed by atoms with Crippen molar-refractivity contribution >= 4 is 21.8 Å². The molecule has 0 spiro atoms. The van der Waals surface area contributed by atoms with Gasteiger partial charge in [0.1, 0.15) is 0 Å². The van der Waals surface area contributed by atoms with Crippen LogP contribution in [0.15, 0.2) is 0 Å². The van der Waals surface area contributed by atoms with Gasteiger partial charge in [-0.3, -0.25) is 0 Å². The predicted octanol–water partition coefficient (Wildman–Crippen LogP) is -12.5. The molecule has 0 radical (unpaired) electrons. The first kappa shape index (κ1) is 36.6. The molecule has 5 N–H and O–H groups in total. The molecule has 0 aliphatic carbocycles. The summed E-state index contributed by atoms with van der Waals surface area (Å²) in [5.41, 5.74) is 0. The average Bonchev–Trinajstić information content (AvgIpc) is 1.45. The minimum Gasteiger partial charge on any atom is -0.822 e. The third-order valence-electron chi connectivity index (χ3n) is 0. The van der Waals surface area contributed by atoms with E-state index in [1.54, 1.807) is 0 Å². The fourth-order valence-electron chi connectivity index (χ4n) is 0. The Hall–Kier alpha value is 2.49. The van der Waals surface area contributed by atoms with Crippen LogP contribution in [-0.4, -0.2) is 31.0 Å². The zero-order chi connectivity index (χ0) is 12.6. The van der Waals surface area contributed by atoms with Gasteiger partial charge in [0.25, 0.3) is 0 Å². The molecule has 11 nitrogen and oxygen atoms in total. The van der Waals surface area contributed by atoms with Crippen molar-refractivity contribution < 1.29 is 142 Å². The van der Waals surface area contributed by atoms with Crippen LogP contribution in [0.25, 0.3) is 0 Å². The monoisotopic (exact) mass is 324 g/mol. The molecule has 0 saturated heterocycles. The topological polar surface area (TPSA) is 222 Å². The van der Waals surface area contributed by atoms with E-state index < -0.39 is 21.8 Å². The third kappa shape index (κ3) is 811. The van der Waals surface area contributed by atoms with Gasteiger partial charge in [-0.25, -0.2) is 9.36 Å².